The van der Waals surface area contributed by atoms with Gasteiger partial charge in [-0.15, -0.1) is 13.2 Å². The fourth-order valence-electron chi connectivity index (χ4n) is 5.55. The van der Waals surface area contributed by atoms with E-state index >= 15 is 0 Å². The summed E-state index contributed by atoms with van der Waals surface area (Å²) in [7, 11) is 0. The average molecular weight is 625 g/mol. The second-order valence-electron chi connectivity index (χ2n) is 11.1. The number of alkyl halides is 3. The number of benzene rings is 3. The topological polar surface area (TPSA) is 101 Å². The highest BCUT2D eigenvalue weighted by molar-refractivity contribution is 5.49. The van der Waals surface area contributed by atoms with Crippen molar-refractivity contribution in [3.05, 3.63) is 94.7 Å². The highest BCUT2D eigenvalue weighted by atomic mass is 19.4. The molecule has 236 valence electrons. The molecule has 0 unspecified atom stereocenters. The van der Waals surface area contributed by atoms with E-state index in [1.54, 1.807) is 4.57 Å². The van der Waals surface area contributed by atoms with Crippen LogP contribution < -0.4 is 23.8 Å². The van der Waals surface area contributed by atoms with Crippen LogP contribution in [0.15, 0.2) is 79.0 Å². The standard InChI is InChI=1S/C32H31F3N4O6/c33-32(34,35)45-28-11-9-27(10-12-28)43-26-5-1-22(2-6-26)19-23-13-16-37(17-14-23)24-3-7-25(8-4-24)42-21-29-15-18-38-20-30(39(40)41)36-31(38)44-29/h1-12,20,23,29H,13-19,21H2/t29-/m0/s1. The fourth-order valence-corrected chi connectivity index (χ4v) is 5.55. The number of aromatic nitrogens is 2. The smallest absolute Gasteiger partial charge is 0.490 e. The first-order valence-corrected chi connectivity index (χ1v) is 14.7. The molecule has 2 aliphatic heterocycles. The first-order chi connectivity index (χ1) is 21.7. The molecule has 0 amide bonds. The second-order valence-corrected chi connectivity index (χ2v) is 11.1. The van der Waals surface area contributed by atoms with E-state index in [4.69, 9.17) is 14.2 Å². The number of anilines is 1. The summed E-state index contributed by atoms with van der Waals surface area (Å²) >= 11 is 0. The van der Waals surface area contributed by atoms with E-state index < -0.39 is 11.3 Å². The van der Waals surface area contributed by atoms with Crippen molar-refractivity contribution in [2.45, 2.75) is 44.7 Å². The Morgan fingerprint density at radius 2 is 1.49 bits per heavy atom. The molecule has 4 aromatic rings. The maximum Gasteiger partial charge on any atom is 0.573 e. The molecule has 6 rings (SSSR count). The van der Waals surface area contributed by atoms with Crippen molar-refractivity contribution in [3.8, 4) is 29.0 Å². The Labute approximate surface area is 257 Å². The van der Waals surface area contributed by atoms with E-state index in [1.807, 2.05) is 36.4 Å². The number of nitro groups is 1. The predicted octanol–water partition coefficient (Wildman–Crippen LogP) is 7.17. The Kier molecular flexibility index (Phi) is 8.67. The lowest BCUT2D eigenvalue weighted by molar-refractivity contribution is -0.389. The lowest BCUT2D eigenvalue weighted by Crippen LogP contribution is -2.34. The van der Waals surface area contributed by atoms with Gasteiger partial charge in [0.1, 0.15) is 41.9 Å². The van der Waals surface area contributed by atoms with Crippen LogP contribution in [0.5, 0.6) is 29.0 Å². The minimum absolute atomic E-state index is 0.221. The highest BCUT2D eigenvalue weighted by Crippen LogP contribution is 2.30. The van der Waals surface area contributed by atoms with Gasteiger partial charge in [-0.3, -0.25) is 4.57 Å². The lowest BCUT2D eigenvalue weighted by Gasteiger charge is -2.34. The van der Waals surface area contributed by atoms with E-state index in [1.165, 1.54) is 36.0 Å². The third-order valence-corrected chi connectivity index (χ3v) is 7.87. The van der Waals surface area contributed by atoms with E-state index in [-0.39, 0.29) is 23.7 Å². The molecule has 1 aromatic heterocycles. The van der Waals surface area contributed by atoms with E-state index in [0.29, 0.717) is 37.0 Å². The first-order valence-electron chi connectivity index (χ1n) is 14.7. The molecular weight excluding hydrogens is 593 g/mol. The van der Waals surface area contributed by atoms with Gasteiger partial charge in [-0.25, -0.2) is 0 Å². The van der Waals surface area contributed by atoms with Crippen LogP contribution in [0.1, 0.15) is 24.8 Å². The van der Waals surface area contributed by atoms with Crippen LogP contribution in [-0.4, -0.2) is 46.6 Å². The Hall–Kier alpha value is -4.94. The summed E-state index contributed by atoms with van der Waals surface area (Å²) in [5.41, 5.74) is 2.35. The Balaban J connectivity index is 0.925. The third kappa shape index (κ3) is 7.97. The zero-order chi connectivity index (χ0) is 31.4. The van der Waals surface area contributed by atoms with Gasteiger partial charge in [0.2, 0.25) is 0 Å². The molecule has 0 spiro atoms. The SMILES string of the molecule is O=[N+]([O-])c1cn2c(n1)O[C@H](COc1ccc(N3CCC(Cc4ccc(Oc5ccc(OC(F)(F)F)cc5)cc4)CC3)cc1)CC2. The number of hydrogen-bond donors (Lipinski definition) is 0. The molecule has 1 fully saturated rings. The summed E-state index contributed by atoms with van der Waals surface area (Å²) in [6.45, 7) is 2.82. The Bertz CT molecular complexity index is 1590. The van der Waals surface area contributed by atoms with Crippen LogP contribution in [0.3, 0.4) is 0 Å². The van der Waals surface area contributed by atoms with Crippen LogP contribution in [0, 0.1) is 16.0 Å². The molecule has 45 heavy (non-hydrogen) atoms. The molecular formula is C32H31F3N4O6. The second kappa shape index (κ2) is 13.0. The summed E-state index contributed by atoms with van der Waals surface area (Å²) < 4.78 is 60.1. The molecule has 1 saturated heterocycles. The maximum atomic E-state index is 12.3. The number of imidazole rings is 1. The monoisotopic (exact) mass is 624 g/mol. The number of aryl methyl sites for hydroxylation is 1. The number of rotatable bonds is 10. The van der Waals surface area contributed by atoms with E-state index in [9.17, 15) is 23.3 Å². The van der Waals surface area contributed by atoms with Crippen LogP contribution >= 0.6 is 0 Å². The molecule has 0 aliphatic carbocycles. The third-order valence-electron chi connectivity index (χ3n) is 7.87. The van der Waals surface area contributed by atoms with Gasteiger partial charge in [0.15, 0.2) is 0 Å². The number of hydrogen-bond acceptors (Lipinski definition) is 8. The number of nitrogens with zero attached hydrogens (tertiary/aromatic N) is 4. The van der Waals surface area contributed by atoms with Crippen molar-refractivity contribution in [1.29, 1.82) is 0 Å². The van der Waals surface area contributed by atoms with Crippen molar-refractivity contribution in [3.63, 3.8) is 0 Å². The van der Waals surface area contributed by atoms with Crippen LogP contribution in [0.2, 0.25) is 0 Å². The number of halogens is 3. The van der Waals surface area contributed by atoms with Gasteiger partial charge in [0.25, 0.3) is 0 Å². The summed E-state index contributed by atoms with van der Waals surface area (Å²) in [6.07, 6.45) is 0.190. The Morgan fingerprint density at radius 1 is 0.867 bits per heavy atom. The molecule has 1 atom stereocenters. The molecule has 10 nitrogen and oxygen atoms in total. The minimum Gasteiger partial charge on any atom is -0.490 e. The molecule has 13 heteroatoms. The van der Waals surface area contributed by atoms with E-state index in [2.05, 4.69) is 26.8 Å². The van der Waals surface area contributed by atoms with Gasteiger partial charge in [0.05, 0.1) is 0 Å². The first kappa shape index (κ1) is 30.1. The molecule has 3 heterocycles. The van der Waals surface area contributed by atoms with Crippen LogP contribution in [0.25, 0.3) is 0 Å². The predicted molar refractivity (Wildman–Crippen MR) is 158 cm³/mol. The summed E-state index contributed by atoms with van der Waals surface area (Å²) in [6, 6.07) is 21.4. The molecule has 0 N–H and O–H groups in total. The van der Waals surface area contributed by atoms with Crippen LogP contribution in [-0.2, 0) is 13.0 Å². The van der Waals surface area contributed by atoms with Crippen LogP contribution in [0.4, 0.5) is 24.7 Å². The average Bonchev–Trinajstić information content (AvgIpc) is 3.46. The quantitative estimate of drug-likeness (QED) is 0.135. The van der Waals surface area contributed by atoms with Gasteiger partial charge in [-0.1, -0.05) is 12.1 Å². The van der Waals surface area contributed by atoms with Crippen molar-refractivity contribution in [2.24, 2.45) is 5.92 Å². The zero-order valence-corrected chi connectivity index (χ0v) is 24.2. The number of piperidine rings is 1. The summed E-state index contributed by atoms with van der Waals surface area (Å²) in [5.74, 6) is 1.81. The molecule has 2 aliphatic rings. The molecule has 0 bridgehead atoms. The number of fused-ring (bicyclic) bond motifs is 1. The van der Waals surface area contributed by atoms with E-state index in [0.717, 1.165) is 43.8 Å². The Morgan fingerprint density at radius 3 is 2.13 bits per heavy atom. The van der Waals surface area contributed by atoms with Gasteiger partial charge in [-0.05, 0) is 96.3 Å². The van der Waals surface area contributed by atoms with Crippen molar-refractivity contribution in [2.75, 3.05) is 24.6 Å². The van der Waals surface area contributed by atoms with Gasteiger partial charge in [-0.2, -0.15) is 0 Å². The zero-order valence-electron chi connectivity index (χ0n) is 24.2. The van der Waals surface area contributed by atoms with Gasteiger partial charge < -0.3 is 34.0 Å². The molecule has 0 saturated carbocycles. The van der Waals surface area contributed by atoms with Crippen molar-refractivity contribution >= 4 is 11.5 Å². The number of ether oxygens (including phenoxy) is 4. The molecule has 0 radical (unpaired) electrons. The summed E-state index contributed by atoms with van der Waals surface area (Å²) in [4.78, 5) is 16.7. The fraction of sp³-hybridized carbons (Fsp3) is 0.344. The normalized spacial score (nSPS) is 16.9. The lowest BCUT2D eigenvalue weighted by atomic mass is 9.90. The molecule has 3 aromatic carbocycles. The van der Waals surface area contributed by atoms with Crippen molar-refractivity contribution < 1.29 is 37.0 Å². The van der Waals surface area contributed by atoms with Crippen molar-refractivity contribution in [1.82, 2.24) is 9.55 Å². The van der Waals surface area contributed by atoms with Gasteiger partial charge in [0, 0.05) is 36.7 Å². The maximum absolute atomic E-state index is 12.3. The minimum atomic E-state index is -4.73. The summed E-state index contributed by atoms with van der Waals surface area (Å²) in [5, 5.41) is 11.0. The largest absolute Gasteiger partial charge is 0.573 e. The van der Waals surface area contributed by atoms with Gasteiger partial charge >= 0.3 is 18.2 Å². The highest BCUT2D eigenvalue weighted by Gasteiger charge is 2.31.